The molecule has 3 nitrogen and oxygen atoms in total. The van der Waals surface area contributed by atoms with Gasteiger partial charge in [0.15, 0.2) is 11.5 Å². The maximum atomic E-state index is 5.98. The highest BCUT2D eigenvalue weighted by atomic mass is 35.5. The van der Waals surface area contributed by atoms with Gasteiger partial charge in [-0.2, -0.15) is 0 Å². The second-order valence-corrected chi connectivity index (χ2v) is 5.75. The number of benzene rings is 2. The van der Waals surface area contributed by atoms with Crippen LogP contribution < -0.4 is 15.2 Å². The summed E-state index contributed by atoms with van der Waals surface area (Å²) in [5, 5.41) is 0.707. The molecule has 4 heteroatoms. The number of ether oxygens (including phenoxy) is 2. The number of hydrogen-bond acceptors (Lipinski definition) is 3. The molecule has 2 N–H and O–H groups in total. The lowest BCUT2D eigenvalue weighted by molar-refractivity contribution is 0.269. The van der Waals surface area contributed by atoms with E-state index in [1.807, 2.05) is 56.3 Å². The second-order valence-electron chi connectivity index (χ2n) is 5.31. The van der Waals surface area contributed by atoms with E-state index in [-0.39, 0.29) is 6.04 Å². The third-order valence-corrected chi connectivity index (χ3v) is 3.38. The van der Waals surface area contributed by atoms with E-state index in [0.717, 1.165) is 29.0 Å². The first-order valence-corrected chi connectivity index (χ1v) is 7.85. The first-order valence-electron chi connectivity index (χ1n) is 7.47. The maximum Gasteiger partial charge on any atom is 0.161 e. The quantitative estimate of drug-likeness (QED) is 0.831. The van der Waals surface area contributed by atoms with Gasteiger partial charge in [-0.15, -0.1) is 0 Å². The zero-order chi connectivity index (χ0) is 15.9. The van der Waals surface area contributed by atoms with Gasteiger partial charge < -0.3 is 15.2 Å². The highest BCUT2D eigenvalue weighted by Crippen LogP contribution is 2.30. The summed E-state index contributed by atoms with van der Waals surface area (Å²) < 4.78 is 11.6. The van der Waals surface area contributed by atoms with Crippen LogP contribution in [0.4, 0.5) is 0 Å². The molecule has 0 radical (unpaired) electrons. The Kier molecular flexibility index (Phi) is 6.10. The third-order valence-electron chi connectivity index (χ3n) is 3.15. The van der Waals surface area contributed by atoms with Gasteiger partial charge in [-0.3, -0.25) is 0 Å². The highest BCUT2D eigenvalue weighted by Gasteiger charge is 2.08. The Morgan fingerprint density at radius 3 is 2.55 bits per heavy atom. The average Bonchev–Trinajstić information content (AvgIpc) is 2.46. The van der Waals surface area contributed by atoms with Gasteiger partial charge in [0.2, 0.25) is 0 Å². The van der Waals surface area contributed by atoms with Gasteiger partial charge >= 0.3 is 0 Å². The largest absolute Gasteiger partial charge is 0.490 e. The molecule has 0 heterocycles. The van der Waals surface area contributed by atoms with E-state index in [4.69, 9.17) is 26.8 Å². The monoisotopic (exact) mass is 319 g/mol. The average molecular weight is 320 g/mol. The first-order chi connectivity index (χ1) is 10.6. The molecule has 2 aromatic carbocycles. The van der Waals surface area contributed by atoms with Crippen molar-refractivity contribution in [2.24, 2.45) is 5.73 Å². The Hall–Kier alpha value is -1.71. The van der Waals surface area contributed by atoms with Crippen molar-refractivity contribution < 1.29 is 9.47 Å². The Balaban J connectivity index is 2.11. The zero-order valence-electron chi connectivity index (χ0n) is 13.0. The van der Waals surface area contributed by atoms with E-state index in [0.29, 0.717) is 18.2 Å². The molecular formula is C18H22ClNO2. The lowest BCUT2D eigenvalue weighted by Gasteiger charge is -2.14. The molecule has 0 aliphatic rings. The lowest BCUT2D eigenvalue weighted by Crippen LogP contribution is -2.17. The van der Waals surface area contributed by atoms with E-state index in [1.54, 1.807) is 0 Å². The fourth-order valence-electron chi connectivity index (χ4n) is 2.23. The van der Waals surface area contributed by atoms with Crippen molar-refractivity contribution in [1.29, 1.82) is 0 Å². The minimum Gasteiger partial charge on any atom is -0.490 e. The van der Waals surface area contributed by atoms with Crippen LogP contribution in [-0.4, -0.2) is 12.6 Å². The molecule has 118 valence electrons. The van der Waals surface area contributed by atoms with Crippen molar-refractivity contribution in [3.63, 3.8) is 0 Å². The maximum absolute atomic E-state index is 5.98. The molecule has 0 aliphatic carbocycles. The van der Waals surface area contributed by atoms with Crippen LogP contribution in [0.3, 0.4) is 0 Å². The minimum atomic E-state index is 0.118. The standard InChI is InChI=1S/C18H22ClNO2/c1-3-21-18-11-14(9-13(2)20)7-8-17(18)22-12-15-5-4-6-16(19)10-15/h4-8,10-11,13H,3,9,12,20H2,1-2H3. The van der Waals surface area contributed by atoms with Crippen LogP contribution in [0.15, 0.2) is 42.5 Å². The highest BCUT2D eigenvalue weighted by molar-refractivity contribution is 6.30. The second kappa shape index (κ2) is 8.06. The van der Waals surface area contributed by atoms with Crippen molar-refractivity contribution in [2.75, 3.05) is 6.61 Å². The van der Waals surface area contributed by atoms with Crippen molar-refractivity contribution >= 4 is 11.6 Å². The van der Waals surface area contributed by atoms with Crippen molar-refractivity contribution in [3.05, 3.63) is 58.6 Å². The van der Waals surface area contributed by atoms with Crippen LogP contribution >= 0.6 is 11.6 Å². The normalized spacial score (nSPS) is 12.0. The van der Waals surface area contributed by atoms with Gasteiger partial charge in [0.05, 0.1) is 6.61 Å². The Morgan fingerprint density at radius 2 is 1.86 bits per heavy atom. The van der Waals surface area contributed by atoms with Crippen molar-refractivity contribution in [2.45, 2.75) is 32.9 Å². The summed E-state index contributed by atoms with van der Waals surface area (Å²) in [4.78, 5) is 0. The van der Waals surface area contributed by atoms with E-state index >= 15 is 0 Å². The summed E-state index contributed by atoms with van der Waals surface area (Å²) >= 11 is 5.98. The number of nitrogens with two attached hydrogens (primary N) is 1. The summed E-state index contributed by atoms with van der Waals surface area (Å²) in [6, 6.07) is 13.7. The summed E-state index contributed by atoms with van der Waals surface area (Å²) in [5.74, 6) is 1.48. The van der Waals surface area contributed by atoms with Crippen LogP contribution in [0.5, 0.6) is 11.5 Å². The molecule has 1 atom stereocenters. The fraction of sp³-hybridized carbons (Fsp3) is 0.333. The third kappa shape index (κ3) is 4.93. The number of rotatable bonds is 7. The summed E-state index contributed by atoms with van der Waals surface area (Å²) in [5.41, 5.74) is 8.02. The molecule has 0 fully saturated rings. The molecule has 0 bridgehead atoms. The summed E-state index contributed by atoms with van der Waals surface area (Å²) in [6.07, 6.45) is 0.814. The molecule has 0 saturated heterocycles. The Labute approximate surface area is 137 Å². The summed E-state index contributed by atoms with van der Waals surface area (Å²) in [6.45, 7) is 4.99. The van der Waals surface area contributed by atoms with E-state index in [9.17, 15) is 0 Å². The van der Waals surface area contributed by atoms with Crippen LogP contribution in [0.1, 0.15) is 25.0 Å². The molecule has 2 aromatic rings. The van der Waals surface area contributed by atoms with Gasteiger partial charge in [0, 0.05) is 11.1 Å². The molecule has 0 amide bonds. The SMILES string of the molecule is CCOc1cc(CC(C)N)ccc1OCc1cccc(Cl)c1. The summed E-state index contributed by atoms with van der Waals surface area (Å²) in [7, 11) is 0. The molecule has 0 spiro atoms. The van der Waals surface area contributed by atoms with Crippen LogP contribution in [0, 0.1) is 0 Å². The minimum absolute atomic E-state index is 0.118. The smallest absolute Gasteiger partial charge is 0.161 e. The van der Waals surface area contributed by atoms with E-state index in [2.05, 4.69) is 0 Å². The molecule has 22 heavy (non-hydrogen) atoms. The first kappa shape index (κ1) is 16.7. The van der Waals surface area contributed by atoms with Crippen LogP contribution in [0.2, 0.25) is 5.02 Å². The number of hydrogen-bond donors (Lipinski definition) is 1. The molecule has 0 aromatic heterocycles. The zero-order valence-corrected chi connectivity index (χ0v) is 13.8. The molecule has 0 aliphatic heterocycles. The Morgan fingerprint density at radius 1 is 1.05 bits per heavy atom. The van der Waals surface area contributed by atoms with Gasteiger partial charge in [0.1, 0.15) is 6.61 Å². The van der Waals surface area contributed by atoms with Crippen LogP contribution in [0.25, 0.3) is 0 Å². The predicted octanol–water partition coefficient (Wildman–Crippen LogP) is 4.21. The fourth-order valence-corrected chi connectivity index (χ4v) is 2.44. The lowest BCUT2D eigenvalue weighted by atomic mass is 10.1. The topological polar surface area (TPSA) is 44.5 Å². The van der Waals surface area contributed by atoms with Gasteiger partial charge in [-0.05, 0) is 55.7 Å². The Bertz CT molecular complexity index is 614. The van der Waals surface area contributed by atoms with Gasteiger partial charge in [-0.25, -0.2) is 0 Å². The van der Waals surface area contributed by atoms with Crippen molar-refractivity contribution in [1.82, 2.24) is 0 Å². The van der Waals surface area contributed by atoms with Crippen molar-refractivity contribution in [3.8, 4) is 11.5 Å². The predicted molar refractivity (Wildman–Crippen MR) is 90.7 cm³/mol. The van der Waals surface area contributed by atoms with E-state index in [1.165, 1.54) is 0 Å². The van der Waals surface area contributed by atoms with Gasteiger partial charge in [-0.1, -0.05) is 29.8 Å². The van der Waals surface area contributed by atoms with Crippen LogP contribution in [-0.2, 0) is 13.0 Å². The molecule has 0 saturated carbocycles. The van der Waals surface area contributed by atoms with Gasteiger partial charge in [0.25, 0.3) is 0 Å². The molecule has 2 rings (SSSR count). The van der Waals surface area contributed by atoms with E-state index < -0.39 is 0 Å². The number of halogens is 1. The molecule has 1 unspecified atom stereocenters. The molecular weight excluding hydrogens is 298 g/mol.